The highest BCUT2D eigenvalue weighted by Crippen LogP contribution is 2.36. The number of ether oxygens (including phenoxy) is 1. The number of carbonyl (C=O) groups is 3. The van der Waals surface area contributed by atoms with Gasteiger partial charge in [0.2, 0.25) is 0 Å². The number of nitrogens with one attached hydrogen (secondary N) is 1. The molecule has 2 aromatic carbocycles. The Balaban J connectivity index is 1.26. The van der Waals surface area contributed by atoms with E-state index in [4.69, 9.17) is 16.3 Å². The van der Waals surface area contributed by atoms with Crippen LogP contribution in [0.1, 0.15) is 63.1 Å². The second-order valence-corrected chi connectivity index (χ2v) is 13.5. The topological polar surface area (TPSA) is 93.5 Å². The van der Waals surface area contributed by atoms with Crippen LogP contribution < -0.4 is 5.32 Å². The summed E-state index contributed by atoms with van der Waals surface area (Å²) >= 11 is 6.68. The summed E-state index contributed by atoms with van der Waals surface area (Å²) in [6, 6.07) is 8.79. The molecule has 2 atom stereocenters. The molecule has 1 saturated heterocycles. The Bertz CT molecular complexity index is 1630. The van der Waals surface area contributed by atoms with Crippen molar-refractivity contribution in [2.45, 2.75) is 70.8 Å². The van der Waals surface area contributed by atoms with Crippen molar-refractivity contribution >= 4 is 57.6 Å². The molecule has 5 rings (SSSR count). The van der Waals surface area contributed by atoms with Crippen molar-refractivity contribution in [2.75, 3.05) is 6.54 Å². The van der Waals surface area contributed by atoms with E-state index in [0.29, 0.717) is 22.9 Å². The molecule has 1 N–H and O–H groups in total. The van der Waals surface area contributed by atoms with Gasteiger partial charge in [-0.25, -0.2) is 4.79 Å². The lowest BCUT2D eigenvalue weighted by Gasteiger charge is -2.32. The van der Waals surface area contributed by atoms with Gasteiger partial charge in [-0.2, -0.15) is 18.3 Å². The van der Waals surface area contributed by atoms with Crippen molar-refractivity contribution in [3.8, 4) is 0 Å². The van der Waals surface area contributed by atoms with Gasteiger partial charge in [0.1, 0.15) is 5.60 Å². The van der Waals surface area contributed by atoms with Gasteiger partial charge in [-0.05, 0) is 99.2 Å². The lowest BCUT2D eigenvalue weighted by Crippen LogP contribution is -2.43. The van der Waals surface area contributed by atoms with Gasteiger partial charge in [-0.1, -0.05) is 30.2 Å². The van der Waals surface area contributed by atoms with E-state index in [0.717, 1.165) is 37.1 Å². The predicted octanol–water partition coefficient (Wildman–Crippen LogP) is 7.88. The van der Waals surface area contributed by atoms with Crippen LogP contribution in [0, 0.1) is 5.92 Å². The number of alkyl carbamates (subject to hydrolysis) is 1. The zero-order valence-corrected chi connectivity index (χ0v) is 26.0. The normalized spacial score (nSPS) is 20.5. The van der Waals surface area contributed by atoms with E-state index in [1.165, 1.54) is 21.7 Å². The molecule has 3 amide bonds. The van der Waals surface area contributed by atoms with Crippen LogP contribution in [0.5, 0.6) is 0 Å². The summed E-state index contributed by atoms with van der Waals surface area (Å²) in [4.78, 5) is 39.8. The minimum atomic E-state index is -4.56. The Hall–Kier alpha value is -3.51. The van der Waals surface area contributed by atoms with Crippen LogP contribution in [0.15, 0.2) is 47.5 Å². The SMILES string of the molecule is CC(C)(C)OC(=O)NC1CCCC(CN2C(=O)S/C(=C\c3ccc4c(cnn4Cc4ccc(Cl)cc4C(F)(F)F)c3)C2=O)C1. The molecule has 1 saturated carbocycles. The molecular formula is C31H32ClF3N4O4S. The first-order valence-corrected chi connectivity index (χ1v) is 15.4. The van der Waals surface area contributed by atoms with Crippen molar-refractivity contribution in [2.24, 2.45) is 5.92 Å². The molecule has 8 nitrogen and oxygen atoms in total. The maximum atomic E-state index is 13.6. The number of fused-ring (bicyclic) bond motifs is 1. The standard InChI is InChI=1S/C31H32ClF3N4O4S/c1-30(2,3)43-28(41)37-23-6-4-5-19(12-23)16-38-27(40)26(44-29(38)42)13-18-7-10-25-21(11-18)15-36-39(25)17-20-8-9-22(32)14-24(20)31(33,34)35/h7-11,13-15,19,23H,4-6,12,16-17H2,1-3H3,(H,37,41)/b26-13-. The maximum Gasteiger partial charge on any atom is 0.416 e. The van der Waals surface area contributed by atoms with Crippen molar-refractivity contribution in [1.82, 2.24) is 20.0 Å². The zero-order valence-electron chi connectivity index (χ0n) is 24.4. The highest BCUT2D eigenvalue weighted by atomic mass is 35.5. The average molecular weight is 649 g/mol. The van der Waals surface area contributed by atoms with Crippen LogP contribution in [0.25, 0.3) is 17.0 Å². The number of thioether (sulfide) groups is 1. The van der Waals surface area contributed by atoms with E-state index < -0.39 is 23.4 Å². The molecule has 234 valence electrons. The molecule has 1 aliphatic carbocycles. The van der Waals surface area contributed by atoms with Crippen molar-refractivity contribution < 1.29 is 32.3 Å². The van der Waals surface area contributed by atoms with Gasteiger partial charge in [0.15, 0.2) is 0 Å². The largest absolute Gasteiger partial charge is 0.444 e. The molecule has 2 heterocycles. The number of alkyl halides is 3. The zero-order chi connectivity index (χ0) is 31.8. The molecule has 0 radical (unpaired) electrons. The molecule has 3 aromatic rings. The third-order valence-electron chi connectivity index (χ3n) is 7.48. The number of carbonyl (C=O) groups excluding carboxylic acids is 3. The van der Waals surface area contributed by atoms with Crippen LogP contribution in [0.2, 0.25) is 5.02 Å². The fourth-order valence-electron chi connectivity index (χ4n) is 5.56. The fraction of sp³-hybridized carbons (Fsp3) is 0.419. The van der Waals surface area contributed by atoms with E-state index in [1.807, 2.05) is 0 Å². The second kappa shape index (κ2) is 12.5. The van der Waals surface area contributed by atoms with E-state index in [9.17, 15) is 27.6 Å². The minimum Gasteiger partial charge on any atom is -0.444 e. The van der Waals surface area contributed by atoms with Crippen LogP contribution >= 0.6 is 23.4 Å². The van der Waals surface area contributed by atoms with Gasteiger partial charge in [0, 0.05) is 23.0 Å². The molecule has 1 aliphatic heterocycles. The van der Waals surface area contributed by atoms with Crippen LogP contribution in [0.4, 0.5) is 22.8 Å². The molecule has 0 spiro atoms. The third kappa shape index (κ3) is 7.58. The number of benzene rings is 2. The molecule has 2 aliphatic rings. The van der Waals surface area contributed by atoms with Crippen molar-refractivity contribution in [3.63, 3.8) is 0 Å². The number of hydrogen-bond acceptors (Lipinski definition) is 6. The Labute approximate surface area is 261 Å². The lowest BCUT2D eigenvalue weighted by atomic mass is 9.85. The van der Waals surface area contributed by atoms with Crippen molar-refractivity contribution in [1.29, 1.82) is 0 Å². The first-order chi connectivity index (χ1) is 20.7. The Morgan fingerprint density at radius 3 is 2.66 bits per heavy atom. The summed E-state index contributed by atoms with van der Waals surface area (Å²) in [5.41, 5.74) is -0.108. The van der Waals surface area contributed by atoms with Gasteiger partial charge in [0.25, 0.3) is 11.1 Å². The number of rotatable bonds is 6. The molecular weight excluding hydrogens is 617 g/mol. The van der Waals surface area contributed by atoms with Gasteiger partial charge < -0.3 is 10.1 Å². The Morgan fingerprint density at radius 2 is 1.93 bits per heavy atom. The van der Waals surface area contributed by atoms with E-state index in [1.54, 1.807) is 51.2 Å². The highest BCUT2D eigenvalue weighted by molar-refractivity contribution is 8.18. The highest BCUT2D eigenvalue weighted by Gasteiger charge is 2.38. The number of amides is 3. The number of hydrogen-bond donors (Lipinski definition) is 1. The summed E-state index contributed by atoms with van der Waals surface area (Å²) in [6.07, 6.45) is 1.30. The predicted molar refractivity (Wildman–Crippen MR) is 163 cm³/mol. The minimum absolute atomic E-state index is 0.00130. The number of halogens is 4. The number of imide groups is 1. The Kier molecular flexibility index (Phi) is 9.04. The quantitative estimate of drug-likeness (QED) is 0.273. The summed E-state index contributed by atoms with van der Waals surface area (Å²) in [5, 5.41) is 7.51. The second-order valence-electron chi connectivity index (χ2n) is 12.1. The maximum absolute atomic E-state index is 13.6. The summed E-state index contributed by atoms with van der Waals surface area (Å²) in [6.45, 7) is 5.56. The molecule has 44 heavy (non-hydrogen) atoms. The fourth-order valence-corrected chi connectivity index (χ4v) is 6.58. The van der Waals surface area contributed by atoms with Crippen LogP contribution in [-0.4, -0.2) is 50.1 Å². The average Bonchev–Trinajstić information content (AvgIpc) is 3.43. The molecule has 1 aromatic heterocycles. The number of nitrogens with zero attached hydrogens (tertiary/aromatic N) is 3. The molecule has 0 bridgehead atoms. The summed E-state index contributed by atoms with van der Waals surface area (Å²) in [7, 11) is 0. The van der Waals surface area contributed by atoms with E-state index in [-0.39, 0.29) is 51.7 Å². The van der Waals surface area contributed by atoms with Crippen LogP contribution in [0.3, 0.4) is 0 Å². The van der Waals surface area contributed by atoms with Gasteiger partial charge in [-0.15, -0.1) is 0 Å². The molecule has 2 unspecified atom stereocenters. The smallest absolute Gasteiger partial charge is 0.416 e. The molecule has 13 heteroatoms. The van der Waals surface area contributed by atoms with Gasteiger partial charge in [0.05, 0.1) is 28.7 Å². The van der Waals surface area contributed by atoms with Crippen molar-refractivity contribution in [3.05, 3.63) is 69.2 Å². The summed E-state index contributed by atoms with van der Waals surface area (Å²) in [5.74, 6) is -0.322. The lowest BCUT2D eigenvalue weighted by molar-refractivity contribution is -0.138. The monoisotopic (exact) mass is 648 g/mol. The Morgan fingerprint density at radius 1 is 1.16 bits per heavy atom. The number of aromatic nitrogens is 2. The molecule has 2 fully saturated rings. The van der Waals surface area contributed by atoms with E-state index in [2.05, 4.69) is 10.4 Å². The first-order valence-electron chi connectivity index (χ1n) is 14.2. The first kappa shape index (κ1) is 31.9. The van der Waals surface area contributed by atoms with Gasteiger partial charge in [-0.3, -0.25) is 19.2 Å². The third-order valence-corrected chi connectivity index (χ3v) is 8.62. The van der Waals surface area contributed by atoms with Crippen LogP contribution in [-0.2, 0) is 22.3 Å². The van der Waals surface area contributed by atoms with Gasteiger partial charge >= 0.3 is 12.3 Å². The van der Waals surface area contributed by atoms with E-state index >= 15 is 0 Å². The summed E-state index contributed by atoms with van der Waals surface area (Å²) < 4.78 is 47.6.